The van der Waals surface area contributed by atoms with Crippen LogP contribution < -0.4 is 10.2 Å². The number of nitrogens with one attached hydrogen (secondary N) is 1. The summed E-state index contributed by atoms with van der Waals surface area (Å²) in [6.07, 6.45) is 8.44. The van der Waals surface area contributed by atoms with E-state index in [0.717, 1.165) is 30.0 Å². The highest BCUT2D eigenvalue weighted by molar-refractivity contribution is 5.98. The number of carbonyl (C=O) groups is 2. The minimum atomic E-state index is -0.708. The predicted molar refractivity (Wildman–Crippen MR) is 85.0 cm³/mol. The molecular weight excluding hydrogens is 294 g/mol. The number of hydrogen-bond acceptors (Lipinski definition) is 5. The molecule has 0 unspecified atom stereocenters. The average molecular weight is 313 g/mol. The molecule has 1 fully saturated rings. The van der Waals surface area contributed by atoms with Gasteiger partial charge < -0.3 is 10.2 Å². The Bertz CT molecular complexity index is 723. The molecule has 7 heteroatoms. The first-order valence-electron chi connectivity index (χ1n) is 7.46. The van der Waals surface area contributed by atoms with Crippen LogP contribution in [0.2, 0.25) is 0 Å². The van der Waals surface area contributed by atoms with Gasteiger partial charge in [0.15, 0.2) is 0 Å². The SMILES string of the molecule is C/C(=C\C=C1\C(=O)NC(C)(C)N1C=O)N1CCc2cncnc21. The monoisotopic (exact) mass is 313 g/mol. The van der Waals surface area contributed by atoms with Crippen LogP contribution in [0.1, 0.15) is 26.3 Å². The second kappa shape index (κ2) is 5.49. The molecule has 0 aromatic carbocycles. The van der Waals surface area contributed by atoms with Gasteiger partial charge in [-0.15, -0.1) is 0 Å². The first-order chi connectivity index (χ1) is 10.9. The van der Waals surface area contributed by atoms with Crippen LogP contribution in [0.25, 0.3) is 0 Å². The Kier molecular flexibility index (Phi) is 3.63. The maximum Gasteiger partial charge on any atom is 0.269 e. The number of hydrogen-bond donors (Lipinski definition) is 1. The van der Waals surface area contributed by atoms with Gasteiger partial charge in [0.05, 0.1) is 0 Å². The van der Waals surface area contributed by atoms with E-state index in [1.54, 1.807) is 19.9 Å². The van der Waals surface area contributed by atoms with Crippen LogP contribution in [0, 0.1) is 0 Å². The van der Waals surface area contributed by atoms with Crippen molar-refractivity contribution in [3.05, 3.63) is 41.6 Å². The second-order valence-electron chi connectivity index (χ2n) is 6.12. The van der Waals surface area contributed by atoms with E-state index in [4.69, 9.17) is 0 Å². The van der Waals surface area contributed by atoms with Gasteiger partial charge in [-0.3, -0.25) is 14.5 Å². The average Bonchev–Trinajstić information content (AvgIpc) is 3.02. The predicted octanol–water partition coefficient (Wildman–Crippen LogP) is 0.951. The van der Waals surface area contributed by atoms with E-state index in [9.17, 15) is 9.59 Å². The molecule has 0 spiro atoms. The van der Waals surface area contributed by atoms with Crippen LogP contribution in [0.5, 0.6) is 0 Å². The number of nitrogens with zero attached hydrogens (tertiary/aromatic N) is 4. The molecule has 2 aliphatic rings. The fourth-order valence-electron chi connectivity index (χ4n) is 2.90. The van der Waals surface area contributed by atoms with E-state index in [1.807, 2.05) is 19.2 Å². The van der Waals surface area contributed by atoms with Crippen molar-refractivity contribution in [2.75, 3.05) is 11.4 Å². The maximum atomic E-state index is 12.0. The van der Waals surface area contributed by atoms with E-state index < -0.39 is 5.66 Å². The number of fused-ring (bicyclic) bond motifs is 1. The maximum absolute atomic E-state index is 12.0. The van der Waals surface area contributed by atoms with Gasteiger partial charge in [-0.05, 0) is 39.3 Å². The molecule has 7 nitrogen and oxygen atoms in total. The zero-order chi connectivity index (χ0) is 16.6. The first kappa shape index (κ1) is 15.2. The van der Waals surface area contributed by atoms with Gasteiger partial charge in [-0.1, -0.05) is 0 Å². The zero-order valence-electron chi connectivity index (χ0n) is 13.4. The lowest BCUT2D eigenvalue weighted by molar-refractivity contribution is -0.120. The largest absolute Gasteiger partial charge is 0.330 e. The van der Waals surface area contributed by atoms with Crippen molar-refractivity contribution in [2.24, 2.45) is 0 Å². The fourth-order valence-corrected chi connectivity index (χ4v) is 2.90. The van der Waals surface area contributed by atoms with E-state index >= 15 is 0 Å². The van der Waals surface area contributed by atoms with Crippen molar-refractivity contribution >= 4 is 18.1 Å². The van der Waals surface area contributed by atoms with Crippen molar-refractivity contribution in [1.29, 1.82) is 0 Å². The van der Waals surface area contributed by atoms with Crippen molar-refractivity contribution in [3.8, 4) is 0 Å². The molecule has 120 valence electrons. The smallest absolute Gasteiger partial charge is 0.269 e. The minimum absolute atomic E-state index is 0.254. The van der Waals surface area contributed by atoms with Crippen LogP contribution in [0.15, 0.2) is 36.1 Å². The van der Waals surface area contributed by atoms with Gasteiger partial charge in [0.2, 0.25) is 6.41 Å². The highest BCUT2D eigenvalue weighted by Crippen LogP contribution is 2.28. The summed E-state index contributed by atoms with van der Waals surface area (Å²) in [5, 5.41) is 2.78. The van der Waals surface area contributed by atoms with E-state index in [0.29, 0.717) is 12.1 Å². The van der Waals surface area contributed by atoms with Crippen LogP contribution in [-0.2, 0) is 16.0 Å². The molecule has 3 rings (SSSR count). The molecule has 1 N–H and O–H groups in total. The molecule has 0 saturated carbocycles. The van der Waals surface area contributed by atoms with Gasteiger partial charge >= 0.3 is 0 Å². The third-order valence-corrected chi connectivity index (χ3v) is 4.15. The number of rotatable bonds is 3. The van der Waals surface area contributed by atoms with Crippen LogP contribution in [0.3, 0.4) is 0 Å². The van der Waals surface area contributed by atoms with E-state index in [2.05, 4.69) is 20.2 Å². The summed E-state index contributed by atoms with van der Waals surface area (Å²) in [6, 6.07) is 0. The van der Waals surface area contributed by atoms with Crippen LogP contribution in [0.4, 0.5) is 5.82 Å². The number of anilines is 1. The topological polar surface area (TPSA) is 78.4 Å². The lowest BCUT2D eigenvalue weighted by Gasteiger charge is -2.26. The standard InChI is InChI=1S/C16H19N5O2/c1-11(20-7-6-12-8-17-9-18-14(12)20)4-5-13-15(23)19-16(2,3)21(13)10-22/h4-5,8-10H,6-7H2,1-3H3,(H,19,23)/b11-4+,13-5-. The molecule has 1 aromatic rings. The summed E-state index contributed by atoms with van der Waals surface area (Å²) in [6.45, 7) is 6.35. The van der Waals surface area contributed by atoms with E-state index in [-0.39, 0.29) is 5.91 Å². The molecule has 0 atom stereocenters. The number of amides is 2. The van der Waals surface area contributed by atoms with Crippen molar-refractivity contribution < 1.29 is 9.59 Å². The quantitative estimate of drug-likeness (QED) is 0.664. The highest BCUT2D eigenvalue weighted by atomic mass is 16.2. The summed E-state index contributed by atoms with van der Waals surface area (Å²) < 4.78 is 0. The molecule has 1 saturated heterocycles. The first-order valence-corrected chi connectivity index (χ1v) is 7.46. The van der Waals surface area contributed by atoms with Crippen LogP contribution in [-0.4, -0.2) is 39.4 Å². The summed E-state index contributed by atoms with van der Waals surface area (Å²) in [5.74, 6) is 0.644. The molecule has 1 aromatic heterocycles. The minimum Gasteiger partial charge on any atom is -0.330 e. The van der Waals surface area contributed by atoms with Crippen molar-refractivity contribution in [1.82, 2.24) is 20.2 Å². The molecule has 0 radical (unpaired) electrons. The van der Waals surface area contributed by atoms with Crippen LogP contribution >= 0.6 is 0 Å². The summed E-state index contributed by atoms with van der Waals surface area (Å²) in [5.41, 5.74) is 1.70. The number of allylic oxidation sites excluding steroid dienone is 3. The Balaban J connectivity index is 1.88. The molecular formula is C16H19N5O2. The molecule has 0 bridgehead atoms. The fraction of sp³-hybridized carbons (Fsp3) is 0.375. The van der Waals surface area contributed by atoms with Gasteiger partial charge in [-0.25, -0.2) is 9.97 Å². The summed E-state index contributed by atoms with van der Waals surface area (Å²) in [7, 11) is 0. The Morgan fingerprint density at radius 2 is 2.22 bits per heavy atom. The van der Waals surface area contributed by atoms with Gasteiger partial charge in [0.1, 0.15) is 23.5 Å². The lowest BCUT2D eigenvalue weighted by Crippen LogP contribution is -2.45. The lowest BCUT2D eigenvalue weighted by atomic mass is 10.2. The summed E-state index contributed by atoms with van der Waals surface area (Å²) in [4.78, 5) is 35.2. The number of carbonyl (C=O) groups excluding carboxylic acids is 2. The zero-order valence-corrected chi connectivity index (χ0v) is 13.4. The number of aromatic nitrogens is 2. The van der Waals surface area contributed by atoms with Gasteiger partial charge in [0, 0.05) is 24.0 Å². The van der Waals surface area contributed by atoms with Gasteiger partial charge in [-0.2, -0.15) is 0 Å². The van der Waals surface area contributed by atoms with Gasteiger partial charge in [0.25, 0.3) is 5.91 Å². The Morgan fingerprint density at radius 1 is 1.43 bits per heavy atom. The molecule has 23 heavy (non-hydrogen) atoms. The Morgan fingerprint density at radius 3 is 2.96 bits per heavy atom. The third kappa shape index (κ3) is 2.58. The molecule has 2 aliphatic heterocycles. The Labute approximate surface area is 134 Å². The Hall–Kier alpha value is -2.70. The molecule has 3 heterocycles. The second-order valence-corrected chi connectivity index (χ2v) is 6.12. The van der Waals surface area contributed by atoms with Crippen molar-refractivity contribution in [3.63, 3.8) is 0 Å². The molecule has 0 aliphatic carbocycles. The molecule has 2 amide bonds. The highest BCUT2D eigenvalue weighted by Gasteiger charge is 2.40. The normalized spacial score (nSPS) is 21.6. The van der Waals surface area contributed by atoms with Crippen molar-refractivity contribution in [2.45, 2.75) is 32.9 Å². The van der Waals surface area contributed by atoms with E-state index in [1.165, 1.54) is 11.2 Å². The third-order valence-electron chi connectivity index (χ3n) is 4.15. The summed E-state index contributed by atoms with van der Waals surface area (Å²) >= 11 is 0.